The molecule has 0 fully saturated rings. The first-order valence-electron chi connectivity index (χ1n) is 10.3. The molecule has 33 heavy (non-hydrogen) atoms. The van der Waals surface area contributed by atoms with Gasteiger partial charge < -0.3 is 14.6 Å². The molecule has 8 nitrogen and oxygen atoms in total. The highest BCUT2D eigenvalue weighted by molar-refractivity contribution is 5.60. The lowest BCUT2D eigenvalue weighted by atomic mass is 10.0. The fraction of sp³-hybridized carbons (Fsp3) is 0.318. The molecule has 1 N–H and O–H groups in total. The Labute approximate surface area is 186 Å². The van der Waals surface area contributed by atoms with Gasteiger partial charge in [-0.3, -0.25) is 14.5 Å². The molecular weight excluding hydrogens is 439 g/mol. The lowest BCUT2D eigenvalue weighted by Gasteiger charge is -2.28. The van der Waals surface area contributed by atoms with Gasteiger partial charge in [0.05, 0.1) is 5.69 Å². The van der Waals surface area contributed by atoms with Crippen molar-refractivity contribution in [3.8, 4) is 11.4 Å². The minimum absolute atomic E-state index is 0.259. The van der Waals surface area contributed by atoms with E-state index in [0.29, 0.717) is 30.0 Å². The zero-order valence-electron chi connectivity index (χ0n) is 18.0. The van der Waals surface area contributed by atoms with Crippen LogP contribution in [0.2, 0.25) is 0 Å². The maximum Gasteiger partial charge on any atom is 0.573 e. The second-order valence-corrected chi connectivity index (χ2v) is 7.65. The van der Waals surface area contributed by atoms with Crippen molar-refractivity contribution in [2.75, 3.05) is 18.4 Å². The maximum absolute atomic E-state index is 13.3. The number of aromatic nitrogens is 3. The number of nitrogens with zero attached hydrogens (tertiary/aromatic N) is 4. The molecule has 4 rings (SSSR count). The van der Waals surface area contributed by atoms with Gasteiger partial charge in [0, 0.05) is 37.5 Å². The summed E-state index contributed by atoms with van der Waals surface area (Å²) in [5.74, 6) is -0.0418. The molecule has 0 saturated heterocycles. The number of pyridine rings is 1. The fourth-order valence-corrected chi connectivity index (χ4v) is 3.76. The van der Waals surface area contributed by atoms with Crippen molar-refractivity contribution in [1.82, 2.24) is 19.2 Å². The first-order chi connectivity index (χ1) is 15.7. The molecule has 0 unspecified atom stereocenters. The number of fused-ring (bicyclic) bond motifs is 1. The number of benzene rings is 1. The number of alkyl halides is 3. The average molecular weight is 461 g/mol. The first kappa shape index (κ1) is 22.6. The second kappa shape index (κ2) is 8.74. The van der Waals surface area contributed by atoms with Crippen LogP contribution in [0.15, 0.2) is 52.2 Å². The van der Waals surface area contributed by atoms with Gasteiger partial charge in [0.15, 0.2) is 5.82 Å². The van der Waals surface area contributed by atoms with E-state index in [0.717, 1.165) is 35.5 Å². The van der Waals surface area contributed by atoms with Gasteiger partial charge in [0.25, 0.3) is 11.1 Å². The number of halogens is 3. The van der Waals surface area contributed by atoms with Crippen LogP contribution in [0, 0.1) is 0 Å². The number of hydrogen-bond donors (Lipinski definition) is 1. The standard InChI is InChI=1S/C22H22F3N5O3/c1-3-29-12-10-16-17(13-29)20(31)30(14-6-8-15(9-7-14)33-22(23,24)25)27-19(16)26-18-5-4-11-28(2)21(18)32/h4-9,11H,3,10,12-13H2,1-2H3,(H,26,27). The molecule has 0 amide bonds. The Morgan fingerprint density at radius 3 is 2.48 bits per heavy atom. The van der Waals surface area contributed by atoms with E-state index in [4.69, 9.17) is 0 Å². The molecule has 2 aromatic heterocycles. The zero-order chi connectivity index (χ0) is 23.8. The number of rotatable bonds is 5. The van der Waals surface area contributed by atoms with Gasteiger partial charge in [-0.2, -0.15) is 4.68 Å². The Bertz CT molecular complexity index is 1280. The van der Waals surface area contributed by atoms with Crippen molar-refractivity contribution in [3.63, 3.8) is 0 Å². The van der Waals surface area contributed by atoms with Crippen molar-refractivity contribution in [3.05, 3.63) is 74.4 Å². The number of hydrogen-bond acceptors (Lipinski definition) is 6. The van der Waals surface area contributed by atoms with Gasteiger partial charge >= 0.3 is 6.36 Å². The number of anilines is 2. The predicted molar refractivity (Wildman–Crippen MR) is 116 cm³/mol. The minimum atomic E-state index is -4.81. The average Bonchev–Trinajstić information content (AvgIpc) is 2.78. The monoisotopic (exact) mass is 461 g/mol. The molecule has 0 atom stereocenters. The zero-order valence-corrected chi connectivity index (χ0v) is 18.0. The highest BCUT2D eigenvalue weighted by Gasteiger charge is 2.31. The van der Waals surface area contributed by atoms with Crippen LogP contribution >= 0.6 is 0 Å². The summed E-state index contributed by atoms with van der Waals surface area (Å²) in [5.41, 5.74) is 1.21. The van der Waals surface area contributed by atoms with Gasteiger partial charge in [0.2, 0.25) is 0 Å². The molecular formula is C22H22F3N5O3. The number of likely N-dealkylation sites (N-methyl/N-ethyl adjacent to an activating group) is 1. The third kappa shape index (κ3) is 4.77. The van der Waals surface area contributed by atoms with Crippen molar-refractivity contribution in [2.24, 2.45) is 7.05 Å². The van der Waals surface area contributed by atoms with E-state index in [1.54, 1.807) is 25.4 Å². The van der Waals surface area contributed by atoms with E-state index in [2.05, 4.69) is 20.1 Å². The summed E-state index contributed by atoms with van der Waals surface area (Å²) in [6.07, 6.45) is -2.62. The Hall–Kier alpha value is -3.60. The molecule has 0 radical (unpaired) electrons. The SMILES string of the molecule is CCN1CCc2c(Nc3cccn(C)c3=O)nn(-c3ccc(OC(F)(F)F)cc3)c(=O)c2C1. The molecule has 1 aliphatic heterocycles. The summed E-state index contributed by atoms with van der Waals surface area (Å²) in [6.45, 7) is 3.90. The number of ether oxygens (including phenoxy) is 1. The minimum Gasteiger partial charge on any atom is -0.406 e. The molecule has 3 aromatic rings. The molecule has 174 valence electrons. The highest BCUT2D eigenvalue weighted by Crippen LogP contribution is 2.26. The lowest BCUT2D eigenvalue weighted by molar-refractivity contribution is -0.274. The molecule has 0 saturated carbocycles. The third-order valence-electron chi connectivity index (χ3n) is 5.50. The summed E-state index contributed by atoms with van der Waals surface area (Å²) in [4.78, 5) is 27.9. The normalized spacial score (nSPS) is 14.1. The van der Waals surface area contributed by atoms with Crippen LogP contribution in [-0.2, 0) is 20.0 Å². The predicted octanol–water partition coefficient (Wildman–Crippen LogP) is 2.95. The molecule has 0 bridgehead atoms. The van der Waals surface area contributed by atoms with E-state index in [-0.39, 0.29) is 16.8 Å². The topological polar surface area (TPSA) is 81.4 Å². The quantitative estimate of drug-likeness (QED) is 0.629. The summed E-state index contributed by atoms with van der Waals surface area (Å²) >= 11 is 0. The smallest absolute Gasteiger partial charge is 0.406 e. The Kier molecular flexibility index (Phi) is 5.98. The fourth-order valence-electron chi connectivity index (χ4n) is 3.76. The maximum atomic E-state index is 13.3. The van der Waals surface area contributed by atoms with E-state index in [1.807, 2.05) is 6.92 Å². The van der Waals surface area contributed by atoms with Gasteiger partial charge in [0.1, 0.15) is 11.4 Å². The van der Waals surface area contributed by atoms with Gasteiger partial charge in [-0.05, 0) is 49.4 Å². The number of nitrogens with one attached hydrogen (secondary N) is 1. The summed E-state index contributed by atoms with van der Waals surface area (Å²) in [7, 11) is 1.63. The largest absolute Gasteiger partial charge is 0.573 e. The van der Waals surface area contributed by atoms with Crippen LogP contribution in [0.4, 0.5) is 24.7 Å². The van der Waals surface area contributed by atoms with Crippen LogP contribution in [0.3, 0.4) is 0 Å². The van der Waals surface area contributed by atoms with Crippen LogP contribution in [0.1, 0.15) is 18.1 Å². The van der Waals surface area contributed by atoms with Crippen LogP contribution in [0.5, 0.6) is 5.75 Å². The number of aryl methyl sites for hydroxylation is 1. The molecule has 1 aromatic carbocycles. The molecule has 1 aliphatic rings. The van der Waals surface area contributed by atoms with Crippen molar-refractivity contribution >= 4 is 11.5 Å². The third-order valence-corrected chi connectivity index (χ3v) is 5.50. The van der Waals surface area contributed by atoms with E-state index < -0.39 is 12.1 Å². The second-order valence-electron chi connectivity index (χ2n) is 7.65. The summed E-state index contributed by atoms with van der Waals surface area (Å²) in [6, 6.07) is 8.23. The molecule has 3 heterocycles. The van der Waals surface area contributed by atoms with E-state index in [1.165, 1.54) is 16.7 Å². The first-order valence-corrected chi connectivity index (χ1v) is 10.3. The Morgan fingerprint density at radius 2 is 1.82 bits per heavy atom. The highest BCUT2D eigenvalue weighted by atomic mass is 19.4. The molecule has 0 aliphatic carbocycles. The van der Waals surface area contributed by atoms with Crippen molar-refractivity contribution in [1.29, 1.82) is 0 Å². The van der Waals surface area contributed by atoms with Gasteiger partial charge in [-0.15, -0.1) is 18.3 Å². The van der Waals surface area contributed by atoms with Crippen molar-refractivity contribution < 1.29 is 17.9 Å². The van der Waals surface area contributed by atoms with Crippen molar-refractivity contribution in [2.45, 2.75) is 26.3 Å². The Balaban J connectivity index is 1.81. The molecule has 0 spiro atoms. The van der Waals surface area contributed by atoms with Gasteiger partial charge in [-0.25, -0.2) is 0 Å². The van der Waals surface area contributed by atoms with Crippen LogP contribution in [0.25, 0.3) is 5.69 Å². The lowest BCUT2D eigenvalue weighted by Crippen LogP contribution is -2.38. The van der Waals surface area contributed by atoms with Crippen LogP contribution < -0.4 is 21.2 Å². The summed E-state index contributed by atoms with van der Waals surface area (Å²) < 4.78 is 43.9. The van der Waals surface area contributed by atoms with Crippen LogP contribution in [-0.4, -0.2) is 38.7 Å². The van der Waals surface area contributed by atoms with E-state index >= 15 is 0 Å². The molecule has 11 heteroatoms. The Morgan fingerprint density at radius 1 is 1.09 bits per heavy atom. The summed E-state index contributed by atoms with van der Waals surface area (Å²) in [5, 5.41) is 7.50. The van der Waals surface area contributed by atoms with E-state index in [9.17, 15) is 22.8 Å². The van der Waals surface area contributed by atoms with Gasteiger partial charge in [-0.1, -0.05) is 6.92 Å².